The van der Waals surface area contributed by atoms with Crippen LogP contribution in [0.4, 0.5) is 4.39 Å². The Bertz CT molecular complexity index is 1210. The molecule has 2 amide bonds. The van der Waals surface area contributed by atoms with Crippen LogP contribution in [0.2, 0.25) is 0 Å². The molecule has 0 aliphatic carbocycles. The average molecular weight is 511 g/mol. The number of hydrogen-bond donors (Lipinski definition) is 2. The maximum Gasteiger partial charge on any atom is 0.279 e. The fourth-order valence-electron chi connectivity index (χ4n) is 3.94. The number of hydrogen-bond acceptors (Lipinski definition) is 5. The lowest BCUT2D eigenvalue weighted by Crippen LogP contribution is -2.28. The topological polar surface area (TPSA) is 106 Å². The lowest BCUT2D eigenvalue weighted by atomic mass is 10.0. The number of nitrogens with one attached hydrogen (secondary N) is 1. The summed E-state index contributed by atoms with van der Waals surface area (Å²) in [6.45, 7) is 8.87. The van der Waals surface area contributed by atoms with Crippen molar-refractivity contribution in [3.63, 3.8) is 0 Å². The van der Waals surface area contributed by atoms with Crippen molar-refractivity contribution in [3.05, 3.63) is 65.1 Å². The van der Waals surface area contributed by atoms with E-state index in [1.165, 1.54) is 24.3 Å². The number of amidine groups is 1. The number of rotatable bonds is 8. The van der Waals surface area contributed by atoms with E-state index in [2.05, 4.69) is 10.3 Å². The van der Waals surface area contributed by atoms with Crippen molar-refractivity contribution in [1.82, 2.24) is 10.2 Å². The van der Waals surface area contributed by atoms with Crippen molar-refractivity contribution in [3.8, 4) is 17.2 Å². The minimum Gasteiger partial charge on any atom is -0.488 e. The number of nitrogens with two attached hydrogens (primary N) is 1. The van der Waals surface area contributed by atoms with Crippen molar-refractivity contribution >= 4 is 17.6 Å². The van der Waals surface area contributed by atoms with Crippen LogP contribution in [0.1, 0.15) is 66.8 Å². The van der Waals surface area contributed by atoms with Gasteiger partial charge in [-0.15, -0.1) is 0 Å². The van der Waals surface area contributed by atoms with Gasteiger partial charge in [0.2, 0.25) is 0 Å². The zero-order chi connectivity index (χ0) is 27.2. The zero-order valence-electron chi connectivity index (χ0n) is 22.1. The van der Waals surface area contributed by atoms with Crippen molar-refractivity contribution in [2.75, 3.05) is 20.1 Å². The van der Waals surface area contributed by atoms with E-state index in [0.717, 1.165) is 12.8 Å². The Kier molecular flexibility index (Phi) is 8.91. The number of benzene rings is 2. The highest BCUT2D eigenvalue weighted by atomic mass is 19.1. The summed E-state index contributed by atoms with van der Waals surface area (Å²) in [6, 6.07) is 7.30. The largest absolute Gasteiger partial charge is 0.488 e. The van der Waals surface area contributed by atoms with Crippen LogP contribution in [0.15, 0.2) is 47.6 Å². The molecular formula is C28H35FN4O4. The second-order valence-corrected chi connectivity index (χ2v) is 9.73. The lowest BCUT2D eigenvalue weighted by molar-refractivity contribution is 0.0788. The third kappa shape index (κ3) is 7.31. The first kappa shape index (κ1) is 27.7. The van der Waals surface area contributed by atoms with Gasteiger partial charge in [0, 0.05) is 37.3 Å². The van der Waals surface area contributed by atoms with Crippen LogP contribution in [-0.2, 0) is 6.42 Å². The molecule has 2 aromatic rings. The first-order valence-corrected chi connectivity index (χ1v) is 12.4. The zero-order valence-corrected chi connectivity index (χ0v) is 22.1. The molecule has 0 radical (unpaired) electrons. The third-order valence-electron chi connectivity index (χ3n) is 5.63. The molecule has 0 saturated carbocycles. The van der Waals surface area contributed by atoms with Crippen molar-refractivity contribution < 1.29 is 23.5 Å². The van der Waals surface area contributed by atoms with Gasteiger partial charge in [-0.05, 0) is 76.6 Å². The van der Waals surface area contributed by atoms with E-state index in [1.54, 1.807) is 30.3 Å². The van der Waals surface area contributed by atoms with Crippen LogP contribution in [0, 0.1) is 5.82 Å². The van der Waals surface area contributed by atoms with Crippen LogP contribution < -0.4 is 20.5 Å². The lowest BCUT2D eigenvalue weighted by Gasteiger charge is -2.25. The average Bonchev–Trinajstić information content (AvgIpc) is 3.36. The summed E-state index contributed by atoms with van der Waals surface area (Å²) >= 11 is 0. The monoisotopic (exact) mass is 510 g/mol. The molecule has 1 heterocycles. The summed E-state index contributed by atoms with van der Waals surface area (Å²) < 4.78 is 27.1. The van der Waals surface area contributed by atoms with Gasteiger partial charge >= 0.3 is 0 Å². The molecular weight excluding hydrogens is 475 g/mol. The van der Waals surface area contributed by atoms with Gasteiger partial charge in [0.1, 0.15) is 34.5 Å². The van der Waals surface area contributed by atoms with Gasteiger partial charge in [-0.1, -0.05) is 6.92 Å². The van der Waals surface area contributed by atoms with Gasteiger partial charge in [0.25, 0.3) is 11.8 Å². The molecule has 3 N–H and O–H groups in total. The SMILES string of the molecule is CCc1c(Oc2ccc(C(=O)N3CCCC3)c(F)c2)cc(C(=O)N=C(N)/C=C\NC)cc1OC(C)(C)C. The van der Waals surface area contributed by atoms with E-state index in [9.17, 15) is 14.0 Å². The van der Waals surface area contributed by atoms with Crippen LogP contribution in [0.3, 0.4) is 0 Å². The molecule has 8 nitrogen and oxygen atoms in total. The number of carbonyl (C=O) groups excluding carboxylic acids is 2. The number of nitrogens with zero attached hydrogens (tertiary/aromatic N) is 2. The van der Waals surface area contributed by atoms with Crippen LogP contribution in [0.5, 0.6) is 17.2 Å². The second-order valence-electron chi connectivity index (χ2n) is 9.73. The predicted molar refractivity (Wildman–Crippen MR) is 142 cm³/mol. The highest BCUT2D eigenvalue weighted by Crippen LogP contribution is 2.37. The van der Waals surface area contributed by atoms with E-state index in [-0.39, 0.29) is 28.6 Å². The summed E-state index contributed by atoms with van der Waals surface area (Å²) in [5.41, 5.74) is 6.18. The molecule has 0 unspecified atom stereocenters. The van der Waals surface area contributed by atoms with E-state index in [4.69, 9.17) is 15.2 Å². The van der Waals surface area contributed by atoms with E-state index in [1.807, 2.05) is 27.7 Å². The molecule has 1 aliphatic heterocycles. The Morgan fingerprint density at radius 1 is 1.16 bits per heavy atom. The number of amides is 2. The number of likely N-dealkylation sites (tertiary alicyclic amines) is 1. The first-order chi connectivity index (χ1) is 17.5. The van der Waals surface area contributed by atoms with E-state index >= 15 is 0 Å². The Labute approximate surface area is 217 Å². The fourth-order valence-corrected chi connectivity index (χ4v) is 3.94. The normalized spacial score (nSPS) is 14.2. The molecule has 2 aromatic carbocycles. The molecule has 0 bridgehead atoms. The Morgan fingerprint density at radius 3 is 2.43 bits per heavy atom. The smallest absolute Gasteiger partial charge is 0.279 e. The maximum absolute atomic E-state index is 14.9. The van der Waals surface area contributed by atoms with Crippen molar-refractivity contribution in [1.29, 1.82) is 0 Å². The van der Waals surface area contributed by atoms with Gasteiger partial charge in [0.05, 0.1) is 5.56 Å². The van der Waals surface area contributed by atoms with Gasteiger partial charge < -0.3 is 25.4 Å². The minimum atomic E-state index is -0.667. The van der Waals surface area contributed by atoms with Gasteiger partial charge in [0.15, 0.2) is 0 Å². The standard InChI is InChI=1S/C28H35FN4O4/c1-6-20-23(36-19-9-10-21(22(29)17-19)27(35)33-13-7-8-14-33)15-18(16-24(20)37-28(2,3)4)26(34)32-25(30)11-12-31-5/h9-12,15-17,31H,6-8,13-14H2,1-5H3,(H2,30,32,34)/b12-11-. The summed E-state index contributed by atoms with van der Waals surface area (Å²) in [5.74, 6) is -0.577. The molecule has 1 fully saturated rings. The highest BCUT2D eigenvalue weighted by Gasteiger charge is 2.24. The Balaban J connectivity index is 1.99. The number of halogens is 1. The minimum absolute atomic E-state index is 0.00471. The van der Waals surface area contributed by atoms with Crippen molar-refractivity contribution in [2.45, 2.75) is 52.6 Å². The van der Waals surface area contributed by atoms with Gasteiger partial charge in [-0.25, -0.2) is 4.39 Å². The van der Waals surface area contributed by atoms with Crippen LogP contribution in [-0.4, -0.2) is 48.3 Å². The molecule has 0 spiro atoms. The molecule has 37 heavy (non-hydrogen) atoms. The molecule has 1 aliphatic rings. The Morgan fingerprint density at radius 2 is 1.84 bits per heavy atom. The molecule has 198 valence electrons. The molecule has 9 heteroatoms. The van der Waals surface area contributed by atoms with Crippen LogP contribution >= 0.6 is 0 Å². The summed E-state index contributed by atoms with van der Waals surface area (Å²) in [6.07, 6.45) is 5.39. The Hall–Kier alpha value is -3.88. The summed E-state index contributed by atoms with van der Waals surface area (Å²) in [5, 5.41) is 2.78. The summed E-state index contributed by atoms with van der Waals surface area (Å²) in [4.78, 5) is 31.1. The first-order valence-electron chi connectivity index (χ1n) is 12.4. The second kappa shape index (κ2) is 11.9. The van der Waals surface area contributed by atoms with E-state index < -0.39 is 17.3 Å². The molecule has 3 rings (SSSR count). The maximum atomic E-state index is 14.9. The van der Waals surface area contributed by atoms with Gasteiger partial charge in [-0.3, -0.25) is 9.59 Å². The highest BCUT2D eigenvalue weighted by molar-refractivity contribution is 6.06. The third-order valence-corrected chi connectivity index (χ3v) is 5.63. The van der Waals surface area contributed by atoms with Gasteiger partial charge in [-0.2, -0.15) is 4.99 Å². The van der Waals surface area contributed by atoms with Crippen molar-refractivity contribution in [2.24, 2.45) is 10.7 Å². The van der Waals surface area contributed by atoms with Crippen LogP contribution in [0.25, 0.3) is 0 Å². The molecule has 1 saturated heterocycles. The number of ether oxygens (including phenoxy) is 2. The predicted octanol–water partition coefficient (Wildman–Crippen LogP) is 4.82. The van der Waals surface area contributed by atoms with E-state index in [0.29, 0.717) is 36.6 Å². The summed E-state index contributed by atoms with van der Waals surface area (Å²) in [7, 11) is 1.70. The number of carbonyl (C=O) groups is 2. The number of aliphatic imine (C=N–C) groups is 1. The molecule has 0 aromatic heterocycles. The molecule has 0 atom stereocenters. The quantitative estimate of drug-likeness (QED) is 0.389. The fraction of sp³-hybridized carbons (Fsp3) is 0.393.